The Hall–Kier alpha value is -2.38. The predicted octanol–water partition coefficient (Wildman–Crippen LogP) is 1.55. The van der Waals surface area contributed by atoms with E-state index >= 15 is 0 Å². The Labute approximate surface area is 175 Å². The number of rotatable bonds is 6. The molecule has 2 heterocycles. The molecule has 0 aliphatic heterocycles. The average Bonchev–Trinajstić information content (AvgIpc) is 3.12. The summed E-state index contributed by atoms with van der Waals surface area (Å²) in [6.45, 7) is 1.35. The number of carbonyl (C=O) groups is 1. The number of carbonyl (C=O) groups excluding carboxylic acids is 1. The fourth-order valence-corrected chi connectivity index (χ4v) is 6.86. The summed E-state index contributed by atoms with van der Waals surface area (Å²) in [6.07, 6.45) is 10.8. The van der Waals surface area contributed by atoms with E-state index in [9.17, 15) is 14.4 Å². The Morgan fingerprint density at radius 2 is 1.73 bits per heavy atom. The van der Waals surface area contributed by atoms with Crippen molar-refractivity contribution >= 4 is 17.1 Å². The molecule has 1 N–H and O–H groups in total. The number of hydrogen-bond acceptors (Lipinski definition) is 4. The van der Waals surface area contributed by atoms with Gasteiger partial charge >= 0.3 is 5.69 Å². The van der Waals surface area contributed by atoms with Gasteiger partial charge in [0.1, 0.15) is 0 Å². The van der Waals surface area contributed by atoms with Crippen molar-refractivity contribution in [2.45, 2.75) is 57.9 Å². The zero-order chi connectivity index (χ0) is 21.0. The Kier molecular flexibility index (Phi) is 4.63. The van der Waals surface area contributed by atoms with Gasteiger partial charge in [-0.15, -0.1) is 0 Å². The van der Waals surface area contributed by atoms with Crippen LogP contribution in [0, 0.1) is 23.2 Å². The number of fused-ring (bicyclic) bond motifs is 1. The van der Waals surface area contributed by atoms with E-state index in [2.05, 4.69) is 10.3 Å². The number of amides is 1. The SMILES string of the molecule is Cn1c(=O)c2c(ncn2CCCC(=O)NCC23CC4CC(CC(C4)C2)C3)n(C)c1=O. The van der Waals surface area contributed by atoms with Crippen molar-refractivity contribution in [3.8, 4) is 0 Å². The zero-order valence-electron chi connectivity index (χ0n) is 17.9. The van der Waals surface area contributed by atoms with Gasteiger partial charge in [-0.2, -0.15) is 0 Å². The van der Waals surface area contributed by atoms with Gasteiger partial charge < -0.3 is 9.88 Å². The molecule has 8 nitrogen and oxygen atoms in total. The molecule has 4 bridgehead atoms. The fraction of sp³-hybridized carbons (Fsp3) is 0.727. The topological polar surface area (TPSA) is 90.9 Å². The molecule has 4 fully saturated rings. The average molecular weight is 414 g/mol. The normalized spacial score (nSPS) is 29.6. The van der Waals surface area contributed by atoms with Crippen molar-refractivity contribution in [1.29, 1.82) is 0 Å². The summed E-state index contributed by atoms with van der Waals surface area (Å²) in [5.74, 6) is 2.76. The Balaban J connectivity index is 1.18. The smallest absolute Gasteiger partial charge is 0.332 e. The summed E-state index contributed by atoms with van der Waals surface area (Å²) in [5, 5.41) is 3.22. The Morgan fingerprint density at radius 3 is 2.37 bits per heavy atom. The van der Waals surface area contributed by atoms with E-state index in [0.29, 0.717) is 36.0 Å². The van der Waals surface area contributed by atoms with Gasteiger partial charge in [0, 0.05) is 33.6 Å². The number of aromatic nitrogens is 4. The first-order valence-electron chi connectivity index (χ1n) is 11.2. The number of aryl methyl sites for hydroxylation is 2. The van der Waals surface area contributed by atoms with Gasteiger partial charge in [-0.1, -0.05) is 0 Å². The lowest BCUT2D eigenvalue weighted by atomic mass is 9.49. The molecular weight excluding hydrogens is 382 g/mol. The van der Waals surface area contributed by atoms with E-state index in [4.69, 9.17) is 0 Å². The third-order valence-corrected chi connectivity index (χ3v) is 7.85. The molecule has 0 atom stereocenters. The first-order valence-corrected chi connectivity index (χ1v) is 11.2. The minimum absolute atomic E-state index is 0.0930. The molecule has 4 aliphatic carbocycles. The molecule has 0 unspecified atom stereocenters. The van der Waals surface area contributed by atoms with Crippen molar-refractivity contribution in [3.63, 3.8) is 0 Å². The highest BCUT2D eigenvalue weighted by Crippen LogP contribution is 2.59. The van der Waals surface area contributed by atoms with Crippen molar-refractivity contribution in [2.75, 3.05) is 6.54 Å². The van der Waals surface area contributed by atoms with Crippen LogP contribution in [-0.2, 0) is 25.4 Å². The Morgan fingerprint density at radius 1 is 1.10 bits per heavy atom. The summed E-state index contributed by atoms with van der Waals surface area (Å²) in [6, 6.07) is 0. The molecule has 0 radical (unpaired) electrons. The van der Waals surface area contributed by atoms with Crippen molar-refractivity contribution in [2.24, 2.45) is 37.3 Å². The maximum absolute atomic E-state index is 12.5. The summed E-state index contributed by atoms with van der Waals surface area (Å²) in [4.78, 5) is 41.3. The summed E-state index contributed by atoms with van der Waals surface area (Å²) in [5.41, 5.74) is 0.406. The fourth-order valence-electron chi connectivity index (χ4n) is 6.86. The van der Waals surface area contributed by atoms with Gasteiger partial charge in [-0.3, -0.25) is 18.7 Å². The molecule has 162 valence electrons. The van der Waals surface area contributed by atoms with Gasteiger partial charge in [-0.05, 0) is 68.1 Å². The third-order valence-electron chi connectivity index (χ3n) is 7.85. The Bertz CT molecular complexity index is 1070. The summed E-state index contributed by atoms with van der Waals surface area (Å²) < 4.78 is 4.23. The largest absolute Gasteiger partial charge is 0.356 e. The van der Waals surface area contributed by atoms with Gasteiger partial charge in [0.15, 0.2) is 11.2 Å². The van der Waals surface area contributed by atoms with E-state index in [1.165, 1.54) is 50.1 Å². The highest BCUT2D eigenvalue weighted by Gasteiger charge is 2.50. The quantitative estimate of drug-likeness (QED) is 0.778. The first-order chi connectivity index (χ1) is 14.3. The van der Waals surface area contributed by atoms with Crippen LogP contribution < -0.4 is 16.6 Å². The molecule has 30 heavy (non-hydrogen) atoms. The molecule has 8 heteroatoms. The summed E-state index contributed by atoms with van der Waals surface area (Å²) in [7, 11) is 3.08. The maximum atomic E-state index is 12.5. The lowest BCUT2D eigenvalue weighted by Crippen LogP contribution is -2.51. The van der Waals surface area contributed by atoms with Crippen LogP contribution in [0.1, 0.15) is 51.4 Å². The number of hydrogen-bond donors (Lipinski definition) is 1. The molecule has 1 amide bonds. The molecule has 4 saturated carbocycles. The number of imidazole rings is 1. The van der Waals surface area contributed by atoms with E-state index in [1.807, 2.05) is 0 Å². The maximum Gasteiger partial charge on any atom is 0.332 e. The predicted molar refractivity (Wildman–Crippen MR) is 113 cm³/mol. The van der Waals surface area contributed by atoms with Crippen molar-refractivity contribution in [3.05, 3.63) is 27.2 Å². The molecule has 6 rings (SSSR count). The second-order valence-electron chi connectivity index (χ2n) is 10.1. The molecule has 4 aliphatic rings. The van der Waals surface area contributed by atoms with E-state index in [-0.39, 0.29) is 17.2 Å². The highest BCUT2D eigenvalue weighted by molar-refractivity contribution is 5.76. The molecule has 0 aromatic carbocycles. The van der Waals surface area contributed by atoms with Crippen LogP contribution in [0.3, 0.4) is 0 Å². The van der Waals surface area contributed by atoms with Crippen LogP contribution in [0.15, 0.2) is 15.9 Å². The lowest BCUT2D eigenvalue weighted by molar-refractivity contribution is -0.123. The van der Waals surface area contributed by atoms with Crippen LogP contribution in [0.25, 0.3) is 11.2 Å². The lowest BCUT2D eigenvalue weighted by Gasteiger charge is -2.56. The van der Waals surface area contributed by atoms with Gasteiger partial charge in [-0.25, -0.2) is 9.78 Å². The second-order valence-corrected chi connectivity index (χ2v) is 10.1. The molecule has 0 saturated heterocycles. The number of nitrogens with zero attached hydrogens (tertiary/aromatic N) is 4. The van der Waals surface area contributed by atoms with Crippen LogP contribution in [0.5, 0.6) is 0 Å². The van der Waals surface area contributed by atoms with E-state index in [0.717, 1.165) is 28.9 Å². The van der Waals surface area contributed by atoms with Crippen molar-refractivity contribution < 1.29 is 4.79 Å². The van der Waals surface area contributed by atoms with Crippen molar-refractivity contribution in [1.82, 2.24) is 24.0 Å². The minimum atomic E-state index is -0.387. The standard InChI is InChI=1S/C22H31N5O3/c1-25-19-18(20(29)26(2)21(25)30)27(13-24-19)5-3-4-17(28)23-12-22-9-14-6-15(10-22)8-16(7-14)11-22/h13-16H,3-12H2,1-2H3,(H,23,28). The first kappa shape index (κ1) is 19.6. The van der Waals surface area contributed by atoms with Crippen LogP contribution >= 0.6 is 0 Å². The minimum Gasteiger partial charge on any atom is -0.356 e. The molecule has 0 spiro atoms. The molecular formula is C22H31N5O3. The molecule has 2 aromatic heterocycles. The summed E-state index contributed by atoms with van der Waals surface area (Å²) >= 11 is 0. The van der Waals surface area contributed by atoms with Gasteiger partial charge in [0.2, 0.25) is 5.91 Å². The third kappa shape index (κ3) is 3.20. The van der Waals surface area contributed by atoms with Gasteiger partial charge in [0.05, 0.1) is 6.33 Å². The van der Waals surface area contributed by atoms with E-state index in [1.54, 1.807) is 17.9 Å². The molecule has 2 aromatic rings. The van der Waals surface area contributed by atoms with Gasteiger partial charge in [0.25, 0.3) is 5.56 Å². The van der Waals surface area contributed by atoms with Crippen LogP contribution in [0.4, 0.5) is 0 Å². The second kappa shape index (κ2) is 7.10. The number of nitrogens with one attached hydrogen (secondary N) is 1. The highest BCUT2D eigenvalue weighted by atomic mass is 16.2. The van der Waals surface area contributed by atoms with Crippen LogP contribution in [-0.4, -0.2) is 31.1 Å². The van der Waals surface area contributed by atoms with Crippen LogP contribution in [0.2, 0.25) is 0 Å². The zero-order valence-corrected chi connectivity index (χ0v) is 17.9. The monoisotopic (exact) mass is 413 g/mol. The van der Waals surface area contributed by atoms with E-state index < -0.39 is 0 Å².